The molecule has 0 bridgehead atoms. The van der Waals surface area contributed by atoms with Crippen molar-refractivity contribution in [1.29, 1.82) is 0 Å². The lowest BCUT2D eigenvalue weighted by molar-refractivity contribution is 0.142. The zero-order valence-corrected chi connectivity index (χ0v) is 7.23. The molecule has 61 valence electrons. The first kappa shape index (κ1) is 9.96. The molecule has 0 amide bonds. The molecule has 0 unspecified atom stereocenters. The standard InChI is InChI=1S/C9H19O/c1-4-9(5-2)7-8-10-6-3/h9H,3-8H2,1-2H3. The van der Waals surface area contributed by atoms with Crippen molar-refractivity contribution in [1.82, 2.24) is 0 Å². The van der Waals surface area contributed by atoms with E-state index in [2.05, 4.69) is 20.8 Å². The molecule has 10 heavy (non-hydrogen) atoms. The molecule has 0 saturated carbocycles. The Labute approximate surface area is 64.8 Å². The average Bonchev–Trinajstić information content (AvgIpc) is 1.99. The van der Waals surface area contributed by atoms with Gasteiger partial charge in [0.1, 0.15) is 0 Å². The highest BCUT2D eigenvalue weighted by atomic mass is 16.5. The number of hydrogen-bond acceptors (Lipinski definition) is 1. The largest absolute Gasteiger partial charge is 0.381 e. The van der Waals surface area contributed by atoms with E-state index in [0.717, 1.165) is 12.5 Å². The van der Waals surface area contributed by atoms with Gasteiger partial charge in [-0.15, -0.1) is 0 Å². The molecule has 0 fully saturated rings. The summed E-state index contributed by atoms with van der Waals surface area (Å²) in [6.07, 6.45) is 3.75. The Morgan fingerprint density at radius 1 is 1.30 bits per heavy atom. The lowest BCUT2D eigenvalue weighted by Crippen LogP contribution is -2.02. The minimum absolute atomic E-state index is 0.611. The maximum atomic E-state index is 5.16. The Bertz CT molecular complexity index is 57.7. The van der Waals surface area contributed by atoms with Crippen LogP contribution in [0.1, 0.15) is 33.1 Å². The molecule has 0 atom stereocenters. The molecule has 1 radical (unpaired) electrons. The van der Waals surface area contributed by atoms with Crippen molar-refractivity contribution < 1.29 is 4.74 Å². The SMILES string of the molecule is [CH2]COCCC(CC)CC. The van der Waals surface area contributed by atoms with Crippen molar-refractivity contribution in [2.45, 2.75) is 33.1 Å². The van der Waals surface area contributed by atoms with E-state index in [1.165, 1.54) is 19.3 Å². The van der Waals surface area contributed by atoms with Gasteiger partial charge in [0.05, 0.1) is 0 Å². The number of ether oxygens (including phenoxy) is 1. The predicted molar refractivity (Wildman–Crippen MR) is 44.9 cm³/mol. The van der Waals surface area contributed by atoms with Crippen LogP contribution in [0, 0.1) is 12.8 Å². The molecule has 0 rings (SSSR count). The zero-order valence-electron chi connectivity index (χ0n) is 7.23. The van der Waals surface area contributed by atoms with Gasteiger partial charge in [0, 0.05) is 13.2 Å². The van der Waals surface area contributed by atoms with Crippen LogP contribution in [0.15, 0.2) is 0 Å². The third kappa shape index (κ3) is 4.80. The smallest absolute Gasteiger partial charge is 0.0468 e. The third-order valence-electron chi connectivity index (χ3n) is 1.97. The van der Waals surface area contributed by atoms with Crippen LogP contribution in [0.3, 0.4) is 0 Å². The van der Waals surface area contributed by atoms with Gasteiger partial charge in [-0.3, -0.25) is 0 Å². The first-order chi connectivity index (χ1) is 4.85. The van der Waals surface area contributed by atoms with Crippen molar-refractivity contribution in [3.63, 3.8) is 0 Å². The summed E-state index contributed by atoms with van der Waals surface area (Å²) in [4.78, 5) is 0. The van der Waals surface area contributed by atoms with Crippen LogP contribution in [0.25, 0.3) is 0 Å². The summed E-state index contributed by atoms with van der Waals surface area (Å²) in [5, 5.41) is 0. The second kappa shape index (κ2) is 7.07. The second-order valence-electron chi connectivity index (χ2n) is 2.58. The maximum absolute atomic E-state index is 5.16. The molecular formula is C9H19O. The van der Waals surface area contributed by atoms with Gasteiger partial charge in [-0.05, 0) is 19.3 Å². The van der Waals surface area contributed by atoms with E-state index in [0.29, 0.717) is 6.61 Å². The van der Waals surface area contributed by atoms with E-state index in [4.69, 9.17) is 4.74 Å². The van der Waals surface area contributed by atoms with Crippen LogP contribution in [-0.4, -0.2) is 13.2 Å². The van der Waals surface area contributed by atoms with E-state index >= 15 is 0 Å². The summed E-state index contributed by atoms with van der Waals surface area (Å²) in [5.74, 6) is 0.853. The average molecular weight is 143 g/mol. The molecule has 0 aliphatic carbocycles. The summed E-state index contributed by atoms with van der Waals surface area (Å²) in [6, 6.07) is 0. The van der Waals surface area contributed by atoms with Gasteiger partial charge in [0.15, 0.2) is 0 Å². The molecule has 0 aliphatic rings. The van der Waals surface area contributed by atoms with E-state index in [1.54, 1.807) is 0 Å². The predicted octanol–water partition coefficient (Wildman–Crippen LogP) is 2.66. The first-order valence-electron chi connectivity index (χ1n) is 4.22. The fourth-order valence-corrected chi connectivity index (χ4v) is 1.05. The Kier molecular flexibility index (Phi) is 7.04. The van der Waals surface area contributed by atoms with Gasteiger partial charge < -0.3 is 4.74 Å². The zero-order chi connectivity index (χ0) is 7.82. The summed E-state index contributed by atoms with van der Waals surface area (Å²) < 4.78 is 5.16. The second-order valence-corrected chi connectivity index (χ2v) is 2.58. The quantitative estimate of drug-likeness (QED) is 0.519. The summed E-state index contributed by atoms with van der Waals surface area (Å²) >= 11 is 0. The molecule has 1 nitrogen and oxygen atoms in total. The van der Waals surface area contributed by atoms with Crippen molar-refractivity contribution in [2.24, 2.45) is 5.92 Å². The Morgan fingerprint density at radius 2 is 1.90 bits per heavy atom. The van der Waals surface area contributed by atoms with Crippen LogP contribution >= 0.6 is 0 Å². The summed E-state index contributed by atoms with van der Waals surface area (Å²) in [5.41, 5.74) is 0. The normalized spacial score (nSPS) is 10.8. The van der Waals surface area contributed by atoms with Gasteiger partial charge >= 0.3 is 0 Å². The summed E-state index contributed by atoms with van der Waals surface area (Å²) in [6.45, 7) is 9.58. The molecule has 0 N–H and O–H groups in total. The van der Waals surface area contributed by atoms with Crippen molar-refractivity contribution in [3.05, 3.63) is 6.92 Å². The fraction of sp³-hybridized carbons (Fsp3) is 0.889. The van der Waals surface area contributed by atoms with Gasteiger partial charge in [-0.25, -0.2) is 0 Å². The maximum Gasteiger partial charge on any atom is 0.0468 e. The number of hydrogen-bond donors (Lipinski definition) is 0. The lowest BCUT2D eigenvalue weighted by atomic mass is 10.0. The topological polar surface area (TPSA) is 9.23 Å². The minimum atomic E-state index is 0.611. The van der Waals surface area contributed by atoms with E-state index in [1.807, 2.05) is 0 Å². The van der Waals surface area contributed by atoms with E-state index < -0.39 is 0 Å². The van der Waals surface area contributed by atoms with Crippen LogP contribution in [0.4, 0.5) is 0 Å². The monoisotopic (exact) mass is 143 g/mol. The minimum Gasteiger partial charge on any atom is -0.381 e. The Balaban J connectivity index is 3.09. The highest BCUT2D eigenvalue weighted by molar-refractivity contribution is 4.53. The highest BCUT2D eigenvalue weighted by Gasteiger charge is 2.01. The highest BCUT2D eigenvalue weighted by Crippen LogP contribution is 2.11. The molecule has 0 aliphatic heterocycles. The molecule has 0 saturated heterocycles. The van der Waals surface area contributed by atoms with E-state index in [-0.39, 0.29) is 0 Å². The van der Waals surface area contributed by atoms with Gasteiger partial charge in [0.2, 0.25) is 0 Å². The van der Waals surface area contributed by atoms with E-state index in [9.17, 15) is 0 Å². The van der Waals surface area contributed by atoms with Crippen molar-refractivity contribution >= 4 is 0 Å². The number of rotatable bonds is 6. The first-order valence-corrected chi connectivity index (χ1v) is 4.22. The van der Waals surface area contributed by atoms with Crippen LogP contribution in [0.2, 0.25) is 0 Å². The Morgan fingerprint density at radius 3 is 2.30 bits per heavy atom. The fourth-order valence-electron chi connectivity index (χ4n) is 1.05. The van der Waals surface area contributed by atoms with Crippen molar-refractivity contribution in [2.75, 3.05) is 13.2 Å². The summed E-state index contributed by atoms with van der Waals surface area (Å²) in [7, 11) is 0. The molecule has 0 spiro atoms. The Hall–Kier alpha value is -0.0400. The third-order valence-corrected chi connectivity index (χ3v) is 1.97. The van der Waals surface area contributed by atoms with Gasteiger partial charge in [-0.2, -0.15) is 0 Å². The lowest BCUT2D eigenvalue weighted by Gasteiger charge is -2.10. The molecule has 0 aromatic rings. The molecule has 0 aromatic heterocycles. The molecular weight excluding hydrogens is 124 g/mol. The van der Waals surface area contributed by atoms with Gasteiger partial charge in [-0.1, -0.05) is 26.7 Å². The van der Waals surface area contributed by atoms with Crippen LogP contribution in [-0.2, 0) is 4.74 Å². The molecule has 0 heterocycles. The van der Waals surface area contributed by atoms with Crippen molar-refractivity contribution in [3.8, 4) is 0 Å². The van der Waals surface area contributed by atoms with Crippen LogP contribution < -0.4 is 0 Å². The van der Waals surface area contributed by atoms with Crippen LogP contribution in [0.5, 0.6) is 0 Å². The van der Waals surface area contributed by atoms with Gasteiger partial charge in [0.25, 0.3) is 0 Å². The molecule has 1 heteroatoms. The molecule has 0 aromatic carbocycles.